The summed E-state index contributed by atoms with van der Waals surface area (Å²) in [5, 5.41) is 2.67. The molecule has 2 N–H and O–H groups in total. The SMILES string of the molecule is COC(=O)/C=C/c1cc(OC)c(OC)c(S(=O)(=O)NCCNC(=O)Cc2ccccc2)c1. The highest BCUT2D eigenvalue weighted by Gasteiger charge is 2.23. The average Bonchev–Trinajstić information content (AvgIpc) is 2.80. The number of carbonyl (C=O) groups is 2. The van der Waals surface area contributed by atoms with Gasteiger partial charge in [-0.2, -0.15) is 0 Å². The number of amides is 1. The second-order valence-electron chi connectivity index (χ2n) is 6.52. The Labute approximate surface area is 187 Å². The van der Waals surface area contributed by atoms with E-state index < -0.39 is 16.0 Å². The van der Waals surface area contributed by atoms with Crippen molar-refractivity contribution in [3.05, 3.63) is 59.7 Å². The van der Waals surface area contributed by atoms with E-state index in [4.69, 9.17) is 9.47 Å². The largest absolute Gasteiger partial charge is 0.493 e. The molecule has 0 aliphatic rings. The second kappa shape index (κ2) is 11.9. The van der Waals surface area contributed by atoms with E-state index >= 15 is 0 Å². The maximum atomic E-state index is 12.9. The van der Waals surface area contributed by atoms with E-state index in [0.717, 1.165) is 11.6 Å². The molecule has 2 aromatic carbocycles. The van der Waals surface area contributed by atoms with Crippen molar-refractivity contribution < 1.29 is 32.2 Å². The highest BCUT2D eigenvalue weighted by molar-refractivity contribution is 7.89. The minimum atomic E-state index is -4.02. The third-order valence-corrected chi connectivity index (χ3v) is 5.78. The molecule has 0 saturated heterocycles. The van der Waals surface area contributed by atoms with Gasteiger partial charge in [0.05, 0.1) is 27.8 Å². The number of benzene rings is 2. The first-order valence-corrected chi connectivity index (χ1v) is 11.1. The first-order chi connectivity index (χ1) is 15.3. The Morgan fingerprint density at radius 2 is 1.72 bits per heavy atom. The fraction of sp³-hybridized carbons (Fsp3) is 0.273. The maximum Gasteiger partial charge on any atom is 0.330 e. The van der Waals surface area contributed by atoms with E-state index in [2.05, 4.69) is 14.8 Å². The standard InChI is InChI=1S/C22H26N2O7S/c1-29-18-13-17(9-10-21(26)30-2)14-19(22(18)31-3)32(27,28)24-12-11-23-20(25)15-16-7-5-4-6-8-16/h4-10,13-14,24H,11-12,15H2,1-3H3,(H,23,25)/b10-9+. The Morgan fingerprint density at radius 3 is 2.34 bits per heavy atom. The highest BCUT2D eigenvalue weighted by atomic mass is 32.2. The van der Waals surface area contributed by atoms with Crippen molar-refractivity contribution in [1.82, 2.24) is 10.0 Å². The predicted molar refractivity (Wildman–Crippen MR) is 119 cm³/mol. The summed E-state index contributed by atoms with van der Waals surface area (Å²) in [5.74, 6) is -0.613. The summed E-state index contributed by atoms with van der Waals surface area (Å²) in [4.78, 5) is 23.2. The fourth-order valence-electron chi connectivity index (χ4n) is 2.79. The van der Waals surface area contributed by atoms with Crippen molar-refractivity contribution in [3.8, 4) is 11.5 Å². The molecule has 0 heterocycles. The van der Waals surface area contributed by atoms with Gasteiger partial charge in [-0.25, -0.2) is 17.9 Å². The molecule has 32 heavy (non-hydrogen) atoms. The molecular formula is C22H26N2O7S. The number of esters is 1. The monoisotopic (exact) mass is 462 g/mol. The Hall–Kier alpha value is -3.37. The van der Waals surface area contributed by atoms with Crippen LogP contribution in [0.15, 0.2) is 53.4 Å². The van der Waals surface area contributed by atoms with E-state index in [9.17, 15) is 18.0 Å². The summed E-state index contributed by atoms with van der Waals surface area (Å²) in [6, 6.07) is 12.1. The van der Waals surface area contributed by atoms with Gasteiger partial charge in [-0.1, -0.05) is 30.3 Å². The molecule has 1 amide bonds. The van der Waals surface area contributed by atoms with Gasteiger partial charge in [0.1, 0.15) is 4.90 Å². The van der Waals surface area contributed by atoms with Gasteiger partial charge in [0.2, 0.25) is 15.9 Å². The summed E-state index contributed by atoms with van der Waals surface area (Å²) in [7, 11) is -0.0828. The van der Waals surface area contributed by atoms with Crippen molar-refractivity contribution in [2.24, 2.45) is 0 Å². The topological polar surface area (TPSA) is 120 Å². The Kier molecular flexibility index (Phi) is 9.23. The molecule has 0 fully saturated rings. The van der Waals surface area contributed by atoms with Gasteiger partial charge in [0, 0.05) is 19.2 Å². The van der Waals surface area contributed by atoms with Crippen LogP contribution in [0, 0.1) is 0 Å². The van der Waals surface area contributed by atoms with Crippen LogP contribution in [0.25, 0.3) is 6.08 Å². The van der Waals surface area contributed by atoms with Crippen LogP contribution in [0.4, 0.5) is 0 Å². The maximum absolute atomic E-state index is 12.9. The molecule has 9 nitrogen and oxygen atoms in total. The summed E-state index contributed by atoms with van der Waals surface area (Å²) >= 11 is 0. The number of carbonyl (C=O) groups excluding carboxylic acids is 2. The van der Waals surface area contributed by atoms with Gasteiger partial charge >= 0.3 is 5.97 Å². The number of nitrogens with one attached hydrogen (secondary N) is 2. The molecule has 0 aromatic heterocycles. The van der Waals surface area contributed by atoms with E-state index in [0.29, 0.717) is 5.56 Å². The average molecular weight is 463 g/mol. The Morgan fingerprint density at radius 1 is 1.00 bits per heavy atom. The van der Waals surface area contributed by atoms with E-state index in [1.165, 1.54) is 39.5 Å². The molecule has 2 aromatic rings. The highest BCUT2D eigenvalue weighted by Crippen LogP contribution is 2.36. The molecule has 0 aliphatic carbocycles. The third kappa shape index (κ3) is 7.10. The molecule has 2 rings (SSSR count). The number of sulfonamides is 1. The molecule has 0 bridgehead atoms. The lowest BCUT2D eigenvalue weighted by atomic mass is 10.1. The zero-order valence-electron chi connectivity index (χ0n) is 18.1. The first-order valence-electron chi connectivity index (χ1n) is 9.63. The number of rotatable bonds is 11. The fourth-order valence-corrected chi connectivity index (χ4v) is 4.03. The van der Waals surface area contributed by atoms with E-state index in [1.807, 2.05) is 30.3 Å². The zero-order valence-corrected chi connectivity index (χ0v) is 18.9. The van der Waals surface area contributed by atoms with Gasteiger partial charge < -0.3 is 19.5 Å². The lowest BCUT2D eigenvalue weighted by Gasteiger charge is -2.15. The molecular weight excluding hydrogens is 436 g/mol. The lowest BCUT2D eigenvalue weighted by molar-refractivity contribution is -0.134. The zero-order chi connectivity index (χ0) is 23.6. The molecule has 10 heteroatoms. The van der Waals surface area contributed by atoms with Crippen LogP contribution in [-0.2, 0) is 30.8 Å². The van der Waals surface area contributed by atoms with Crippen LogP contribution in [0.1, 0.15) is 11.1 Å². The summed E-state index contributed by atoms with van der Waals surface area (Å²) in [6.45, 7) is 0.0723. The van der Waals surface area contributed by atoms with E-state index in [-0.39, 0.29) is 41.8 Å². The van der Waals surface area contributed by atoms with Crippen molar-refractivity contribution in [1.29, 1.82) is 0 Å². The minimum Gasteiger partial charge on any atom is -0.493 e. The van der Waals surface area contributed by atoms with Crippen LogP contribution in [-0.4, -0.2) is 54.7 Å². The Bertz CT molecular complexity index is 1070. The van der Waals surface area contributed by atoms with Gasteiger partial charge in [0.15, 0.2) is 11.5 Å². The number of hydrogen-bond acceptors (Lipinski definition) is 7. The summed E-state index contributed by atoms with van der Waals surface area (Å²) in [6.07, 6.45) is 2.76. The predicted octanol–water partition coefficient (Wildman–Crippen LogP) is 1.53. The smallest absolute Gasteiger partial charge is 0.330 e. The van der Waals surface area contributed by atoms with Crippen LogP contribution in [0.5, 0.6) is 11.5 Å². The van der Waals surface area contributed by atoms with Crippen molar-refractivity contribution in [3.63, 3.8) is 0 Å². The van der Waals surface area contributed by atoms with Gasteiger partial charge in [-0.05, 0) is 29.3 Å². The van der Waals surface area contributed by atoms with Crippen molar-refractivity contribution in [2.45, 2.75) is 11.3 Å². The van der Waals surface area contributed by atoms with Crippen LogP contribution < -0.4 is 19.5 Å². The molecule has 172 valence electrons. The number of ether oxygens (including phenoxy) is 3. The number of hydrogen-bond donors (Lipinski definition) is 2. The molecule has 0 unspecified atom stereocenters. The first kappa shape index (κ1) is 24.9. The molecule has 0 saturated carbocycles. The normalized spacial score (nSPS) is 11.2. The van der Waals surface area contributed by atoms with E-state index in [1.54, 1.807) is 0 Å². The number of methoxy groups -OCH3 is 3. The molecule has 0 radical (unpaired) electrons. The van der Waals surface area contributed by atoms with Gasteiger partial charge in [-0.15, -0.1) is 0 Å². The molecule has 0 atom stereocenters. The van der Waals surface area contributed by atoms with Gasteiger partial charge in [0.25, 0.3) is 0 Å². The third-order valence-electron chi connectivity index (χ3n) is 4.32. The van der Waals surface area contributed by atoms with Crippen LogP contribution >= 0.6 is 0 Å². The molecule has 0 aliphatic heterocycles. The lowest BCUT2D eigenvalue weighted by Crippen LogP contribution is -2.35. The minimum absolute atomic E-state index is 0.0170. The second-order valence-corrected chi connectivity index (χ2v) is 8.26. The van der Waals surface area contributed by atoms with Crippen LogP contribution in [0.3, 0.4) is 0 Å². The molecule has 0 spiro atoms. The van der Waals surface area contributed by atoms with Crippen LogP contribution in [0.2, 0.25) is 0 Å². The van der Waals surface area contributed by atoms with Gasteiger partial charge in [-0.3, -0.25) is 4.79 Å². The quantitative estimate of drug-likeness (QED) is 0.295. The summed E-state index contributed by atoms with van der Waals surface area (Å²) < 4.78 is 43.2. The summed E-state index contributed by atoms with van der Waals surface area (Å²) in [5.41, 5.74) is 1.25. The van der Waals surface area contributed by atoms with Crippen molar-refractivity contribution >= 4 is 28.0 Å². The van der Waals surface area contributed by atoms with Crippen molar-refractivity contribution in [2.75, 3.05) is 34.4 Å². The Balaban J connectivity index is 2.09.